The molecule has 0 aliphatic carbocycles. The third kappa shape index (κ3) is 4.08. The first-order valence-corrected chi connectivity index (χ1v) is 12.8. The molecule has 1 saturated heterocycles. The lowest BCUT2D eigenvalue weighted by molar-refractivity contribution is 0.560. The average molecular weight is 479 g/mol. The van der Waals surface area contributed by atoms with Crippen molar-refractivity contribution in [1.29, 1.82) is 0 Å². The van der Waals surface area contributed by atoms with Gasteiger partial charge in [-0.05, 0) is 74.7 Å². The number of nitrogens with one attached hydrogen (secondary N) is 1. The molecule has 5 rings (SSSR count). The van der Waals surface area contributed by atoms with Crippen LogP contribution < -0.4 is 9.62 Å². The fourth-order valence-corrected chi connectivity index (χ4v) is 6.76. The normalized spacial score (nSPS) is 16.5. The Morgan fingerprint density at radius 2 is 1.74 bits per heavy atom. The van der Waals surface area contributed by atoms with Crippen LogP contribution >= 0.6 is 0 Å². The number of aromatic nitrogens is 2. The lowest BCUT2D eigenvalue weighted by atomic mass is 10.1. The van der Waals surface area contributed by atoms with Gasteiger partial charge in [-0.15, -0.1) is 0 Å². The molecule has 34 heavy (non-hydrogen) atoms. The summed E-state index contributed by atoms with van der Waals surface area (Å²) in [6.45, 7) is 6.96. The monoisotopic (exact) mass is 478 g/mol. The summed E-state index contributed by atoms with van der Waals surface area (Å²) in [7, 11) is -3.63. The first-order chi connectivity index (χ1) is 16.2. The van der Waals surface area contributed by atoms with Crippen molar-refractivity contribution in [2.75, 3.05) is 18.0 Å². The van der Waals surface area contributed by atoms with Gasteiger partial charge in [0.15, 0.2) is 0 Å². The van der Waals surface area contributed by atoms with Gasteiger partial charge in [0.1, 0.15) is 5.82 Å². The van der Waals surface area contributed by atoms with Crippen LogP contribution in [0.1, 0.15) is 23.1 Å². The number of hydrogen-bond acceptors (Lipinski definition) is 4. The molecule has 0 amide bonds. The zero-order chi connectivity index (χ0) is 24.0. The second-order valence-electron chi connectivity index (χ2n) is 9.02. The van der Waals surface area contributed by atoms with E-state index in [0.717, 1.165) is 45.5 Å². The van der Waals surface area contributed by atoms with Crippen molar-refractivity contribution in [1.82, 2.24) is 14.5 Å². The average Bonchev–Trinajstić information content (AvgIpc) is 3.40. The van der Waals surface area contributed by atoms with Crippen LogP contribution in [0.4, 0.5) is 10.1 Å². The zero-order valence-electron chi connectivity index (χ0n) is 19.4. The molecule has 6 nitrogen and oxygen atoms in total. The van der Waals surface area contributed by atoms with Crippen LogP contribution in [0.2, 0.25) is 0 Å². The van der Waals surface area contributed by atoms with Gasteiger partial charge >= 0.3 is 0 Å². The Morgan fingerprint density at radius 1 is 1.03 bits per heavy atom. The fraction of sp³-hybridized carbons (Fsp3) is 0.269. The molecule has 0 bridgehead atoms. The van der Waals surface area contributed by atoms with Gasteiger partial charge in [0.2, 0.25) is 10.0 Å². The number of benzene rings is 3. The van der Waals surface area contributed by atoms with E-state index in [0.29, 0.717) is 17.9 Å². The van der Waals surface area contributed by atoms with E-state index >= 15 is 0 Å². The minimum absolute atomic E-state index is 0.187. The van der Waals surface area contributed by atoms with E-state index in [2.05, 4.69) is 14.7 Å². The van der Waals surface area contributed by atoms with E-state index < -0.39 is 10.0 Å². The quantitative estimate of drug-likeness (QED) is 0.454. The minimum atomic E-state index is -3.63. The van der Waals surface area contributed by atoms with E-state index in [-0.39, 0.29) is 11.9 Å². The van der Waals surface area contributed by atoms with Gasteiger partial charge in [-0.3, -0.25) is 0 Å². The lowest BCUT2D eigenvalue weighted by Gasteiger charge is -2.21. The lowest BCUT2D eigenvalue weighted by Crippen LogP contribution is -2.37. The highest BCUT2D eigenvalue weighted by atomic mass is 32.2. The molecule has 8 heteroatoms. The van der Waals surface area contributed by atoms with Gasteiger partial charge < -0.3 is 4.90 Å². The third-order valence-corrected chi connectivity index (χ3v) is 8.21. The SMILES string of the molecule is Cc1cc(C)c(S(=O)(=O)N[C@H]2CCN(c3cccc4c3cnn4-c3ccc(F)cc3)C2)c(C)c1. The molecule has 1 atom stereocenters. The van der Waals surface area contributed by atoms with Crippen LogP contribution in [-0.4, -0.2) is 37.3 Å². The van der Waals surface area contributed by atoms with Crippen molar-refractivity contribution in [2.45, 2.75) is 38.1 Å². The number of rotatable bonds is 5. The predicted octanol–water partition coefficient (Wildman–Crippen LogP) is 4.65. The summed E-state index contributed by atoms with van der Waals surface area (Å²) in [5, 5.41) is 5.50. The van der Waals surface area contributed by atoms with Crippen LogP contribution in [0.25, 0.3) is 16.6 Å². The summed E-state index contributed by atoms with van der Waals surface area (Å²) in [5.74, 6) is -0.289. The van der Waals surface area contributed by atoms with Crippen molar-refractivity contribution in [3.8, 4) is 5.69 Å². The van der Waals surface area contributed by atoms with E-state index in [1.807, 2.05) is 57.3 Å². The van der Waals surface area contributed by atoms with Crippen molar-refractivity contribution < 1.29 is 12.8 Å². The molecule has 2 heterocycles. The summed E-state index contributed by atoms with van der Waals surface area (Å²) >= 11 is 0. The van der Waals surface area contributed by atoms with E-state index in [1.165, 1.54) is 12.1 Å². The molecule has 1 aromatic heterocycles. The molecule has 1 fully saturated rings. The Kier molecular flexibility index (Phi) is 5.65. The summed E-state index contributed by atoms with van der Waals surface area (Å²) in [6, 6.07) is 15.8. The molecule has 0 saturated carbocycles. The first-order valence-electron chi connectivity index (χ1n) is 11.3. The smallest absolute Gasteiger partial charge is 0.241 e. The largest absolute Gasteiger partial charge is 0.369 e. The minimum Gasteiger partial charge on any atom is -0.369 e. The topological polar surface area (TPSA) is 67.2 Å². The second-order valence-corrected chi connectivity index (χ2v) is 10.7. The maximum Gasteiger partial charge on any atom is 0.241 e. The Labute approximate surface area is 199 Å². The number of aryl methyl sites for hydroxylation is 3. The van der Waals surface area contributed by atoms with Crippen LogP contribution in [-0.2, 0) is 10.0 Å². The van der Waals surface area contributed by atoms with Crippen LogP contribution in [0.5, 0.6) is 0 Å². The highest BCUT2D eigenvalue weighted by Crippen LogP contribution is 2.31. The van der Waals surface area contributed by atoms with Gasteiger partial charge in [-0.2, -0.15) is 5.10 Å². The Hall–Kier alpha value is -3.23. The zero-order valence-corrected chi connectivity index (χ0v) is 20.2. The van der Waals surface area contributed by atoms with E-state index in [1.54, 1.807) is 16.8 Å². The highest BCUT2D eigenvalue weighted by molar-refractivity contribution is 7.89. The Morgan fingerprint density at radius 3 is 2.44 bits per heavy atom. The van der Waals surface area contributed by atoms with Crippen molar-refractivity contribution in [3.63, 3.8) is 0 Å². The van der Waals surface area contributed by atoms with Gasteiger partial charge in [0.25, 0.3) is 0 Å². The second kappa shape index (κ2) is 8.52. The fourth-order valence-electron chi connectivity index (χ4n) is 5.04. The van der Waals surface area contributed by atoms with Gasteiger partial charge in [0, 0.05) is 30.2 Å². The maximum atomic E-state index is 13.3. The van der Waals surface area contributed by atoms with Gasteiger partial charge in [0.05, 0.1) is 22.3 Å². The Bertz CT molecular complexity index is 1460. The van der Waals surface area contributed by atoms with E-state index in [9.17, 15) is 12.8 Å². The summed E-state index contributed by atoms with van der Waals surface area (Å²) < 4.78 is 44.5. The number of sulfonamides is 1. The molecule has 1 N–H and O–H groups in total. The summed E-state index contributed by atoms with van der Waals surface area (Å²) in [5.41, 5.74) is 5.28. The summed E-state index contributed by atoms with van der Waals surface area (Å²) in [6.07, 6.45) is 2.52. The number of nitrogens with zero attached hydrogens (tertiary/aromatic N) is 3. The van der Waals surface area contributed by atoms with Crippen molar-refractivity contribution in [3.05, 3.63) is 83.3 Å². The van der Waals surface area contributed by atoms with Gasteiger partial charge in [-0.1, -0.05) is 23.8 Å². The van der Waals surface area contributed by atoms with Gasteiger partial charge in [-0.25, -0.2) is 22.2 Å². The number of hydrogen-bond donors (Lipinski definition) is 1. The van der Waals surface area contributed by atoms with Crippen LogP contribution in [0.15, 0.2) is 65.7 Å². The van der Waals surface area contributed by atoms with Crippen molar-refractivity contribution >= 4 is 26.6 Å². The molecular weight excluding hydrogens is 451 g/mol. The predicted molar refractivity (Wildman–Crippen MR) is 133 cm³/mol. The standard InChI is InChI=1S/C26H27FN4O2S/c1-17-13-18(2)26(19(3)14-17)34(32,33)29-21-11-12-30(16-21)24-5-4-6-25-23(24)15-28-31(25)22-9-7-20(27)8-10-22/h4-10,13-15,21,29H,11-12,16H2,1-3H3/t21-/m0/s1. The number of halogens is 1. The van der Waals surface area contributed by atoms with Crippen molar-refractivity contribution in [2.24, 2.45) is 0 Å². The first kappa shape index (κ1) is 22.6. The van der Waals surface area contributed by atoms with Crippen LogP contribution in [0.3, 0.4) is 0 Å². The molecule has 0 radical (unpaired) electrons. The molecule has 0 spiro atoms. The number of fused-ring (bicyclic) bond motifs is 1. The highest BCUT2D eigenvalue weighted by Gasteiger charge is 2.30. The molecule has 0 unspecified atom stereocenters. The molecular formula is C26H27FN4O2S. The molecule has 176 valence electrons. The molecule has 1 aliphatic rings. The van der Waals surface area contributed by atoms with Crippen LogP contribution in [0, 0.1) is 26.6 Å². The Balaban J connectivity index is 1.39. The van der Waals surface area contributed by atoms with E-state index in [4.69, 9.17) is 0 Å². The maximum absolute atomic E-state index is 13.3. The third-order valence-electron chi connectivity index (χ3n) is 6.39. The summed E-state index contributed by atoms with van der Waals surface area (Å²) in [4.78, 5) is 2.57. The molecule has 3 aromatic carbocycles. The molecule has 4 aromatic rings. The number of anilines is 1. The molecule has 1 aliphatic heterocycles.